The fourth-order valence-corrected chi connectivity index (χ4v) is 2.16. The number of aromatic nitrogens is 2. The molecule has 1 aromatic heterocycles. The predicted molar refractivity (Wildman–Crippen MR) is 74.6 cm³/mol. The monoisotopic (exact) mass is 295 g/mol. The Bertz CT molecular complexity index is 627. The molecule has 0 saturated heterocycles. The van der Waals surface area contributed by atoms with Crippen molar-refractivity contribution < 1.29 is 9.45 Å². The van der Waals surface area contributed by atoms with Crippen LogP contribution in [0.4, 0.5) is 5.69 Å². The number of hydrogen-bond acceptors (Lipinski definition) is 5. The van der Waals surface area contributed by atoms with Gasteiger partial charge in [-0.1, -0.05) is 18.5 Å². The Morgan fingerprint density at radius 2 is 2.25 bits per heavy atom. The molecule has 0 spiro atoms. The Hall–Kier alpha value is -1.95. The number of aryl methyl sites for hydroxylation is 1. The summed E-state index contributed by atoms with van der Waals surface area (Å²) in [6, 6.07) is 4.49. The largest absolute Gasteiger partial charge is 0.334 e. The maximum atomic E-state index is 10.7. The molecule has 0 N–H and O–H groups in total. The Labute approximate surface area is 120 Å². The van der Waals surface area contributed by atoms with E-state index in [-0.39, 0.29) is 11.1 Å². The van der Waals surface area contributed by atoms with E-state index in [9.17, 15) is 10.1 Å². The lowest BCUT2D eigenvalue weighted by Crippen LogP contribution is -1.93. The fraction of sp³-hybridized carbons (Fsp3) is 0.385. The minimum atomic E-state index is -0.438. The molecule has 6 nitrogen and oxygen atoms in total. The van der Waals surface area contributed by atoms with Gasteiger partial charge in [0.25, 0.3) is 11.6 Å². The first-order valence-electron chi connectivity index (χ1n) is 6.26. The van der Waals surface area contributed by atoms with Crippen molar-refractivity contribution in [1.82, 2.24) is 10.1 Å². The lowest BCUT2D eigenvalue weighted by atomic mass is 10.1. The van der Waals surface area contributed by atoms with Gasteiger partial charge in [0, 0.05) is 17.7 Å². The van der Waals surface area contributed by atoms with Crippen molar-refractivity contribution >= 4 is 17.3 Å². The van der Waals surface area contributed by atoms with E-state index >= 15 is 0 Å². The molecule has 7 heteroatoms. The van der Waals surface area contributed by atoms with Crippen LogP contribution in [0.5, 0.6) is 0 Å². The number of benzene rings is 1. The van der Waals surface area contributed by atoms with Crippen molar-refractivity contribution in [3.8, 4) is 11.5 Å². The van der Waals surface area contributed by atoms with Crippen LogP contribution >= 0.6 is 11.6 Å². The third-order valence-corrected chi connectivity index (χ3v) is 3.33. The third-order valence-electron chi connectivity index (χ3n) is 2.92. The molecule has 106 valence electrons. The standard InChI is InChI=1S/C13H14ClN3O3/c1-3-4-11(14)12-15-13(20-16-12)10-6-5-9(17(18)19)7-8(10)2/h5-7,11H,3-4H2,1-2H3. The van der Waals surface area contributed by atoms with Crippen LogP contribution in [0, 0.1) is 17.0 Å². The lowest BCUT2D eigenvalue weighted by molar-refractivity contribution is -0.384. The van der Waals surface area contributed by atoms with Gasteiger partial charge in [0.1, 0.15) is 0 Å². The van der Waals surface area contributed by atoms with Gasteiger partial charge >= 0.3 is 0 Å². The van der Waals surface area contributed by atoms with Gasteiger partial charge in [-0.15, -0.1) is 11.6 Å². The molecule has 1 aromatic carbocycles. The number of halogens is 1. The second kappa shape index (κ2) is 6.00. The van der Waals surface area contributed by atoms with Crippen molar-refractivity contribution in [2.45, 2.75) is 32.1 Å². The Morgan fingerprint density at radius 3 is 2.85 bits per heavy atom. The summed E-state index contributed by atoms with van der Waals surface area (Å²) in [6.45, 7) is 3.78. The smallest absolute Gasteiger partial charge is 0.269 e. The van der Waals surface area contributed by atoms with E-state index in [4.69, 9.17) is 16.1 Å². The van der Waals surface area contributed by atoms with E-state index in [1.165, 1.54) is 12.1 Å². The molecular formula is C13H14ClN3O3. The molecule has 1 atom stereocenters. The molecule has 0 radical (unpaired) electrons. The van der Waals surface area contributed by atoms with Crippen LogP contribution < -0.4 is 0 Å². The lowest BCUT2D eigenvalue weighted by Gasteiger charge is -2.01. The van der Waals surface area contributed by atoms with Crippen molar-refractivity contribution in [2.75, 3.05) is 0 Å². The van der Waals surface area contributed by atoms with E-state index in [0.29, 0.717) is 22.8 Å². The number of rotatable bonds is 5. The molecule has 0 aliphatic carbocycles. The highest BCUT2D eigenvalue weighted by Crippen LogP contribution is 2.29. The van der Waals surface area contributed by atoms with E-state index in [1.807, 2.05) is 6.92 Å². The number of nitro benzene ring substituents is 1. The molecule has 0 fully saturated rings. The molecule has 0 saturated carbocycles. The van der Waals surface area contributed by atoms with Gasteiger partial charge in [-0.2, -0.15) is 4.98 Å². The zero-order chi connectivity index (χ0) is 14.7. The van der Waals surface area contributed by atoms with E-state index in [0.717, 1.165) is 12.8 Å². The number of alkyl halides is 1. The van der Waals surface area contributed by atoms with Gasteiger partial charge in [0.2, 0.25) is 0 Å². The van der Waals surface area contributed by atoms with Gasteiger partial charge < -0.3 is 4.52 Å². The predicted octanol–water partition coefficient (Wildman–Crippen LogP) is 4.03. The van der Waals surface area contributed by atoms with Crippen LogP contribution in [0.3, 0.4) is 0 Å². The number of nitrogens with zero attached hydrogens (tertiary/aromatic N) is 3. The minimum Gasteiger partial charge on any atom is -0.334 e. The van der Waals surface area contributed by atoms with E-state index < -0.39 is 4.92 Å². The summed E-state index contributed by atoms with van der Waals surface area (Å²) in [7, 11) is 0. The number of non-ortho nitro benzene ring substituents is 1. The van der Waals surface area contributed by atoms with Crippen molar-refractivity contribution in [3.63, 3.8) is 0 Å². The molecule has 0 aliphatic heterocycles. The summed E-state index contributed by atoms with van der Waals surface area (Å²) in [5.74, 6) is 0.774. The quantitative estimate of drug-likeness (QED) is 0.472. The van der Waals surface area contributed by atoms with Crippen LogP contribution in [0.15, 0.2) is 22.7 Å². The summed E-state index contributed by atoms with van der Waals surface area (Å²) in [4.78, 5) is 14.5. The average Bonchev–Trinajstić information content (AvgIpc) is 2.88. The van der Waals surface area contributed by atoms with Gasteiger partial charge in [-0.25, -0.2) is 0 Å². The zero-order valence-corrected chi connectivity index (χ0v) is 11.9. The summed E-state index contributed by atoms with van der Waals surface area (Å²) in [5.41, 5.74) is 1.41. The highest BCUT2D eigenvalue weighted by Gasteiger charge is 2.18. The minimum absolute atomic E-state index is 0.0344. The maximum absolute atomic E-state index is 10.7. The second-order valence-electron chi connectivity index (χ2n) is 4.47. The van der Waals surface area contributed by atoms with E-state index in [2.05, 4.69) is 10.1 Å². The molecular weight excluding hydrogens is 282 g/mol. The first-order chi connectivity index (χ1) is 9.52. The molecule has 2 rings (SSSR count). The molecule has 20 heavy (non-hydrogen) atoms. The van der Waals surface area contributed by atoms with Crippen LogP contribution in [0.25, 0.3) is 11.5 Å². The van der Waals surface area contributed by atoms with Gasteiger partial charge in [-0.3, -0.25) is 10.1 Å². The van der Waals surface area contributed by atoms with Crippen molar-refractivity contribution in [2.24, 2.45) is 0 Å². The molecule has 1 heterocycles. The van der Waals surface area contributed by atoms with Crippen molar-refractivity contribution in [3.05, 3.63) is 39.7 Å². The molecule has 0 aliphatic rings. The van der Waals surface area contributed by atoms with Crippen molar-refractivity contribution in [1.29, 1.82) is 0 Å². The summed E-state index contributed by atoms with van der Waals surface area (Å²) in [5, 5.41) is 14.3. The molecule has 2 aromatic rings. The summed E-state index contributed by atoms with van der Waals surface area (Å²) in [6.07, 6.45) is 1.69. The van der Waals surface area contributed by atoms with Crippen LogP contribution in [0.1, 0.15) is 36.5 Å². The van der Waals surface area contributed by atoms with Gasteiger partial charge in [0.05, 0.1) is 10.3 Å². The second-order valence-corrected chi connectivity index (χ2v) is 5.00. The molecule has 1 unspecified atom stereocenters. The Balaban J connectivity index is 2.30. The van der Waals surface area contributed by atoms with E-state index in [1.54, 1.807) is 13.0 Å². The average molecular weight is 296 g/mol. The SMILES string of the molecule is CCCC(Cl)c1noc(-c2ccc([N+](=O)[O-])cc2C)n1. The van der Waals surface area contributed by atoms with Crippen LogP contribution in [0.2, 0.25) is 0 Å². The first kappa shape index (κ1) is 14.5. The molecule has 0 bridgehead atoms. The summed E-state index contributed by atoms with van der Waals surface area (Å²) < 4.78 is 5.18. The highest BCUT2D eigenvalue weighted by atomic mass is 35.5. The van der Waals surface area contributed by atoms with Gasteiger partial charge in [-0.05, 0) is 25.0 Å². The summed E-state index contributed by atoms with van der Waals surface area (Å²) >= 11 is 6.14. The molecule has 0 amide bonds. The first-order valence-corrected chi connectivity index (χ1v) is 6.69. The highest BCUT2D eigenvalue weighted by molar-refractivity contribution is 6.20. The number of hydrogen-bond donors (Lipinski definition) is 0. The van der Waals surface area contributed by atoms with Gasteiger partial charge in [0.15, 0.2) is 5.82 Å². The normalized spacial score (nSPS) is 12.3. The third kappa shape index (κ3) is 2.96. The van der Waals surface area contributed by atoms with Crippen LogP contribution in [-0.2, 0) is 0 Å². The topological polar surface area (TPSA) is 82.1 Å². The van der Waals surface area contributed by atoms with Crippen LogP contribution in [-0.4, -0.2) is 15.1 Å². The number of nitro groups is 1. The zero-order valence-electron chi connectivity index (χ0n) is 11.2. The fourth-order valence-electron chi connectivity index (χ4n) is 1.86. The maximum Gasteiger partial charge on any atom is 0.269 e. The Kier molecular flexibility index (Phi) is 4.34. The Morgan fingerprint density at radius 1 is 1.50 bits per heavy atom.